The molecule has 0 aliphatic rings. The standard InChI is InChI=1S/C11H12Cl2N2O4/c1-6(14-11(17)10(12)13)9(16)7-2-4-8(5-3-7)15(18)19/h2-6,9-10,16H,1H3,(H,14,17)/t6?,9-/m1/s1. The van der Waals surface area contributed by atoms with Gasteiger partial charge in [0, 0.05) is 12.1 Å². The lowest BCUT2D eigenvalue weighted by Gasteiger charge is -2.20. The molecule has 0 fully saturated rings. The monoisotopic (exact) mass is 306 g/mol. The van der Waals surface area contributed by atoms with E-state index >= 15 is 0 Å². The van der Waals surface area contributed by atoms with E-state index in [9.17, 15) is 20.0 Å². The number of nitrogens with one attached hydrogen (secondary N) is 1. The molecule has 6 nitrogen and oxygen atoms in total. The highest BCUT2D eigenvalue weighted by Crippen LogP contribution is 2.20. The number of amides is 1. The summed E-state index contributed by atoms with van der Waals surface area (Å²) in [6.07, 6.45) is -1.02. The average molecular weight is 307 g/mol. The third kappa shape index (κ3) is 4.34. The molecule has 2 atom stereocenters. The Hall–Kier alpha value is -1.37. The Bertz CT molecular complexity index is 464. The number of hydrogen-bond donors (Lipinski definition) is 2. The predicted octanol–water partition coefficient (Wildman–Crippen LogP) is 1.94. The molecule has 1 rings (SSSR count). The minimum atomic E-state index is -1.22. The van der Waals surface area contributed by atoms with Gasteiger partial charge in [-0.3, -0.25) is 14.9 Å². The van der Waals surface area contributed by atoms with Gasteiger partial charge in [0.2, 0.25) is 0 Å². The smallest absolute Gasteiger partial charge is 0.269 e. The van der Waals surface area contributed by atoms with Crippen LogP contribution in [0.3, 0.4) is 0 Å². The molecule has 0 radical (unpaired) electrons. The summed E-state index contributed by atoms with van der Waals surface area (Å²) < 4.78 is 0. The molecule has 1 aromatic carbocycles. The summed E-state index contributed by atoms with van der Waals surface area (Å²) in [5.41, 5.74) is 0.369. The maximum atomic E-state index is 11.3. The number of carbonyl (C=O) groups excluding carboxylic acids is 1. The number of non-ortho nitro benzene ring substituents is 1. The van der Waals surface area contributed by atoms with Crippen molar-refractivity contribution >= 4 is 34.8 Å². The number of nitro groups is 1. The number of nitrogens with zero attached hydrogens (tertiary/aromatic N) is 1. The summed E-state index contributed by atoms with van der Waals surface area (Å²) in [4.78, 5) is 20.0. The molecule has 0 saturated carbocycles. The zero-order chi connectivity index (χ0) is 14.6. The fraction of sp³-hybridized carbons (Fsp3) is 0.364. The van der Waals surface area contributed by atoms with E-state index in [1.165, 1.54) is 24.3 Å². The molecular formula is C11H12Cl2N2O4. The van der Waals surface area contributed by atoms with Gasteiger partial charge >= 0.3 is 0 Å². The van der Waals surface area contributed by atoms with Crippen LogP contribution in [0, 0.1) is 10.1 Å². The fourth-order valence-electron chi connectivity index (χ4n) is 1.45. The van der Waals surface area contributed by atoms with E-state index in [0.29, 0.717) is 5.56 Å². The first kappa shape index (κ1) is 15.7. The van der Waals surface area contributed by atoms with Crippen molar-refractivity contribution in [3.05, 3.63) is 39.9 Å². The molecule has 0 saturated heterocycles. The number of rotatable bonds is 5. The van der Waals surface area contributed by atoms with E-state index in [-0.39, 0.29) is 5.69 Å². The SMILES string of the molecule is CC(NC(=O)C(Cl)Cl)[C@@H](O)c1ccc([N+](=O)[O-])cc1. The first-order chi connectivity index (χ1) is 8.82. The molecule has 1 aromatic rings. The quantitative estimate of drug-likeness (QED) is 0.494. The van der Waals surface area contributed by atoms with Crippen molar-refractivity contribution in [2.24, 2.45) is 0 Å². The lowest BCUT2D eigenvalue weighted by atomic mass is 10.0. The summed E-state index contributed by atoms with van der Waals surface area (Å²) >= 11 is 10.8. The number of halogens is 2. The van der Waals surface area contributed by atoms with Gasteiger partial charge in [0.1, 0.15) is 0 Å². The summed E-state index contributed by atoms with van der Waals surface area (Å²) in [6.45, 7) is 1.57. The predicted molar refractivity (Wildman–Crippen MR) is 71.2 cm³/mol. The fourth-order valence-corrected chi connectivity index (χ4v) is 1.57. The van der Waals surface area contributed by atoms with E-state index < -0.39 is 27.8 Å². The highest BCUT2D eigenvalue weighted by Gasteiger charge is 2.21. The summed E-state index contributed by atoms with van der Waals surface area (Å²) in [5.74, 6) is -0.614. The second-order valence-electron chi connectivity index (χ2n) is 3.89. The maximum Gasteiger partial charge on any atom is 0.269 e. The normalized spacial score (nSPS) is 13.9. The molecule has 2 N–H and O–H groups in total. The molecule has 0 aromatic heterocycles. The first-order valence-electron chi connectivity index (χ1n) is 5.34. The molecule has 0 heterocycles. The van der Waals surface area contributed by atoms with Crippen LogP contribution < -0.4 is 5.32 Å². The Balaban J connectivity index is 2.73. The Morgan fingerprint density at radius 2 is 1.89 bits per heavy atom. The summed E-state index contributed by atoms with van der Waals surface area (Å²) in [7, 11) is 0. The van der Waals surface area contributed by atoms with E-state index in [1.807, 2.05) is 0 Å². The van der Waals surface area contributed by atoms with Crippen LogP contribution in [0.2, 0.25) is 0 Å². The number of alkyl halides is 2. The Morgan fingerprint density at radius 1 is 1.37 bits per heavy atom. The first-order valence-corrected chi connectivity index (χ1v) is 6.21. The van der Waals surface area contributed by atoms with E-state index in [1.54, 1.807) is 6.92 Å². The van der Waals surface area contributed by atoms with E-state index in [0.717, 1.165) is 0 Å². The number of hydrogen-bond acceptors (Lipinski definition) is 4. The van der Waals surface area contributed by atoms with Crippen molar-refractivity contribution in [2.45, 2.75) is 23.9 Å². The van der Waals surface area contributed by atoms with Crippen LogP contribution in [0.15, 0.2) is 24.3 Å². The third-order valence-corrected chi connectivity index (χ3v) is 2.88. The number of aliphatic hydroxyl groups excluding tert-OH is 1. The van der Waals surface area contributed by atoms with Crippen LogP contribution in [0.5, 0.6) is 0 Å². The Morgan fingerprint density at radius 3 is 2.32 bits per heavy atom. The van der Waals surface area contributed by atoms with Crippen LogP contribution in [-0.4, -0.2) is 26.8 Å². The van der Waals surface area contributed by atoms with Crippen LogP contribution in [0.25, 0.3) is 0 Å². The van der Waals surface area contributed by atoms with Gasteiger partial charge in [-0.15, -0.1) is 0 Å². The largest absolute Gasteiger partial charge is 0.386 e. The zero-order valence-electron chi connectivity index (χ0n) is 9.92. The Kier molecular flexibility index (Phi) is 5.53. The van der Waals surface area contributed by atoms with E-state index in [2.05, 4.69) is 5.32 Å². The van der Waals surface area contributed by atoms with Crippen LogP contribution in [0.4, 0.5) is 5.69 Å². The molecule has 8 heteroatoms. The minimum absolute atomic E-state index is 0.0748. The second-order valence-corrected chi connectivity index (χ2v) is 4.99. The van der Waals surface area contributed by atoms with Gasteiger partial charge in [-0.1, -0.05) is 23.2 Å². The number of benzene rings is 1. The molecule has 0 aliphatic carbocycles. The average Bonchev–Trinajstić information content (AvgIpc) is 2.37. The number of carbonyl (C=O) groups is 1. The molecule has 19 heavy (non-hydrogen) atoms. The molecule has 104 valence electrons. The third-order valence-electron chi connectivity index (χ3n) is 2.49. The van der Waals surface area contributed by atoms with Gasteiger partial charge in [0.25, 0.3) is 11.6 Å². The lowest BCUT2D eigenvalue weighted by Crippen LogP contribution is -2.39. The van der Waals surface area contributed by atoms with Gasteiger partial charge in [-0.2, -0.15) is 0 Å². The molecule has 1 unspecified atom stereocenters. The van der Waals surface area contributed by atoms with Crippen molar-refractivity contribution < 1.29 is 14.8 Å². The molecule has 1 amide bonds. The highest BCUT2D eigenvalue weighted by atomic mass is 35.5. The highest BCUT2D eigenvalue weighted by molar-refractivity contribution is 6.53. The van der Waals surface area contributed by atoms with E-state index in [4.69, 9.17) is 23.2 Å². The van der Waals surface area contributed by atoms with Crippen molar-refractivity contribution in [1.29, 1.82) is 0 Å². The van der Waals surface area contributed by atoms with Gasteiger partial charge in [0.15, 0.2) is 4.84 Å². The number of nitro benzene ring substituents is 1. The van der Waals surface area contributed by atoms with Crippen molar-refractivity contribution in [3.63, 3.8) is 0 Å². The van der Waals surface area contributed by atoms with Crippen LogP contribution in [-0.2, 0) is 4.79 Å². The van der Waals surface area contributed by atoms with Crippen molar-refractivity contribution in [3.8, 4) is 0 Å². The lowest BCUT2D eigenvalue weighted by molar-refractivity contribution is -0.384. The molecular weight excluding hydrogens is 295 g/mol. The van der Waals surface area contributed by atoms with Crippen molar-refractivity contribution in [1.82, 2.24) is 5.32 Å². The van der Waals surface area contributed by atoms with Gasteiger partial charge in [-0.05, 0) is 24.6 Å². The molecule has 0 aliphatic heterocycles. The summed E-state index contributed by atoms with van der Waals surface area (Å²) in [5, 5.41) is 22.9. The summed E-state index contributed by atoms with van der Waals surface area (Å²) in [6, 6.07) is 4.76. The topological polar surface area (TPSA) is 92.5 Å². The zero-order valence-corrected chi connectivity index (χ0v) is 11.4. The molecule has 0 spiro atoms. The van der Waals surface area contributed by atoms with Crippen LogP contribution >= 0.6 is 23.2 Å². The van der Waals surface area contributed by atoms with Gasteiger partial charge in [-0.25, -0.2) is 0 Å². The Labute approximate surface area is 119 Å². The maximum absolute atomic E-state index is 11.3. The second kappa shape index (κ2) is 6.70. The van der Waals surface area contributed by atoms with Crippen LogP contribution in [0.1, 0.15) is 18.6 Å². The molecule has 0 bridgehead atoms. The van der Waals surface area contributed by atoms with Gasteiger partial charge < -0.3 is 10.4 Å². The number of aliphatic hydroxyl groups is 1. The van der Waals surface area contributed by atoms with Crippen molar-refractivity contribution in [2.75, 3.05) is 0 Å². The van der Waals surface area contributed by atoms with Gasteiger partial charge in [0.05, 0.1) is 17.1 Å². The minimum Gasteiger partial charge on any atom is -0.386 e.